The summed E-state index contributed by atoms with van der Waals surface area (Å²) in [5.74, 6) is 0.887. The number of hydrogen-bond donors (Lipinski definition) is 0. The van der Waals surface area contributed by atoms with Crippen LogP contribution in [0.15, 0.2) is 73.3 Å². The minimum absolute atomic E-state index is 0.250. The molecule has 0 aliphatic heterocycles. The molecule has 0 aromatic heterocycles. The first kappa shape index (κ1) is 23.0. The van der Waals surface area contributed by atoms with Crippen molar-refractivity contribution >= 4 is 0 Å². The molecule has 0 bridgehead atoms. The second-order valence-corrected chi connectivity index (χ2v) is 8.63. The second kappa shape index (κ2) is 10.7. The number of hydrogen-bond acceptors (Lipinski definition) is 2. The number of ether oxygens (including phenoxy) is 2. The van der Waals surface area contributed by atoms with Gasteiger partial charge in [0.25, 0.3) is 0 Å². The highest BCUT2D eigenvalue weighted by Crippen LogP contribution is 2.32. The van der Waals surface area contributed by atoms with Gasteiger partial charge in [0.05, 0.1) is 13.2 Å². The number of halogens is 2. The molecule has 1 aliphatic rings. The molecule has 0 saturated heterocycles. The molecule has 3 aromatic rings. The molecule has 3 aromatic carbocycles. The van der Waals surface area contributed by atoms with Gasteiger partial charge < -0.3 is 9.47 Å². The first-order valence-electron chi connectivity index (χ1n) is 11.7. The molecule has 33 heavy (non-hydrogen) atoms. The topological polar surface area (TPSA) is 18.5 Å². The van der Waals surface area contributed by atoms with E-state index in [1.54, 1.807) is 12.1 Å². The average Bonchev–Trinajstić information content (AvgIpc) is 2.85. The molecule has 0 unspecified atom stereocenters. The Balaban J connectivity index is 1.40. The van der Waals surface area contributed by atoms with Crippen molar-refractivity contribution in [1.82, 2.24) is 0 Å². The molecule has 0 heterocycles. The maximum atomic E-state index is 14.7. The molecule has 2 nitrogen and oxygen atoms in total. The zero-order valence-corrected chi connectivity index (χ0v) is 19.0. The summed E-state index contributed by atoms with van der Waals surface area (Å²) in [6, 6.07) is 17.7. The Bertz CT molecular complexity index is 1080. The number of allylic oxidation sites excluding steroid dienone is 1. The van der Waals surface area contributed by atoms with E-state index in [2.05, 4.69) is 6.58 Å². The summed E-state index contributed by atoms with van der Waals surface area (Å²) in [5.41, 5.74) is 3.31. The van der Waals surface area contributed by atoms with Gasteiger partial charge in [0, 0.05) is 0 Å². The predicted molar refractivity (Wildman–Crippen MR) is 130 cm³/mol. The molecule has 1 aliphatic carbocycles. The third kappa shape index (κ3) is 5.62. The van der Waals surface area contributed by atoms with Gasteiger partial charge in [0.1, 0.15) is 0 Å². The van der Waals surface area contributed by atoms with Gasteiger partial charge in [0.2, 0.25) is 0 Å². The van der Waals surface area contributed by atoms with Crippen molar-refractivity contribution in [2.75, 3.05) is 13.2 Å². The molecule has 0 spiro atoms. The van der Waals surface area contributed by atoms with Crippen LogP contribution in [0.5, 0.6) is 11.5 Å². The fraction of sp³-hybridized carbons (Fsp3) is 0.310. The molecular weight excluding hydrogens is 418 g/mol. The van der Waals surface area contributed by atoms with Crippen molar-refractivity contribution in [3.8, 4) is 33.8 Å². The van der Waals surface area contributed by atoms with Crippen molar-refractivity contribution in [2.24, 2.45) is 11.8 Å². The van der Waals surface area contributed by atoms with E-state index < -0.39 is 0 Å². The van der Waals surface area contributed by atoms with Crippen molar-refractivity contribution in [1.29, 1.82) is 0 Å². The van der Waals surface area contributed by atoms with E-state index >= 15 is 0 Å². The summed E-state index contributed by atoms with van der Waals surface area (Å²) in [6.07, 6.45) is 6.51. The van der Waals surface area contributed by atoms with Crippen LogP contribution in [0, 0.1) is 23.5 Å². The van der Waals surface area contributed by atoms with Crippen LogP contribution in [0.3, 0.4) is 0 Å². The smallest absolute Gasteiger partial charge is 0.165 e. The minimum atomic E-state index is -0.384. The Morgan fingerprint density at radius 1 is 0.758 bits per heavy atom. The van der Waals surface area contributed by atoms with Crippen LogP contribution >= 0.6 is 0 Å². The van der Waals surface area contributed by atoms with Crippen molar-refractivity contribution in [3.05, 3.63) is 85.0 Å². The summed E-state index contributed by atoms with van der Waals surface area (Å²) >= 11 is 0. The Labute approximate surface area is 194 Å². The summed E-state index contributed by atoms with van der Waals surface area (Å²) < 4.78 is 40.0. The van der Waals surface area contributed by atoms with E-state index in [-0.39, 0.29) is 17.4 Å². The second-order valence-electron chi connectivity index (χ2n) is 8.63. The van der Waals surface area contributed by atoms with Crippen LogP contribution in [-0.2, 0) is 0 Å². The van der Waals surface area contributed by atoms with E-state index in [1.807, 2.05) is 49.4 Å². The van der Waals surface area contributed by atoms with Gasteiger partial charge in [-0.1, -0.05) is 42.5 Å². The lowest BCUT2D eigenvalue weighted by Gasteiger charge is -2.26. The van der Waals surface area contributed by atoms with Gasteiger partial charge in [0.15, 0.2) is 23.1 Å². The molecule has 4 heteroatoms. The fourth-order valence-electron chi connectivity index (χ4n) is 4.40. The fourth-order valence-corrected chi connectivity index (χ4v) is 4.40. The third-order valence-electron chi connectivity index (χ3n) is 6.41. The van der Waals surface area contributed by atoms with Gasteiger partial charge >= 0.3 is 0 Å². The van der Waals surface area contributed by atoms with Crippen molar-refractivity contribution in [3.63, 3.8) is 0 Å². The maximum Gasteiger partial charge on any atom is 0.165 e. The highest BCUT2D eigenvalue weighted by Gasteiger charge is 2.20. The van der Waals surface area contributed by atoms with E-state index in [1.165, 1.54) is 12.1 Å². The van der Waals surface area contributed by atoms with Gasteiger partial charge in [-0.25, -0.2) is 8.78 Å². The Hall–Kier alpha value is -3.14. The van der Waals surface area contributed by atoms with E-state index in [9.17, 15) is 8.78 Å². The molecule has 172 valence electrons. The van der Waals surface area contributed by atoms with Crippen LogP contribution < -0.4 is 9.47 Å². The summed E-state index contributed by atoms with van der Waals surface area (Å²) in [5, 5.41) is 0. The Morgan fingerprint density at radius 3 is 1.70 bits per heavy atom. The number of rotatable bonds is 8. The SMILES string of the molecule is C=CC1CCC(COc2ccc(-c3ccc(-c4ccc(OCC)c(F)c4)cc3)cc2F)CC1. The van der Waals surface area contributed by atoms with Gasteiger partial charge in [-0.2, -0.15) is 0 Å². The largest absolute Gasteiger partial charge is 0.491 e. The lowest BCUT2D eigenvalue weighted by atomic mass is 9.82. The molecule has 4 rings (SSSR count). The van der Waals surface area contributed by atoms with Crippen molar-refractivity contribution in [2.45, 2.75) is 32.6 Å². The van der Waals surface area contributed by atoms with Gasteiger partial charge in [-0.05, 0) is 91.0 Å². The monoisotopic (exact) mass is 448 g/mol. The van der Waals surface area contributed by atoms with Crippen LogP contribution in [-0.4, -0.2) is 13.2 Å². The van der Waals surface area contributed by atoms with E-state index in [0.29, 0.717) is 30.8 Å². The quantitative estimate of drug-likeness (QED) is 0.324. The van der Waals surface area contributed by atoms with Crippen LogP contribution in [0.4, 0.5) is 8.78 Å². The normalized spacial score (nSPS) is 18.0. The summed E-state index contributed by atoms with van der Waals surface area (Å²) in [6.45, 7) is 6.67. The zero-order chi connectivity index (χ0) is 23.2. The molecule has 0 amide bonds. The lowest BCUT2D eigenvalue weighted by molar-refractivity contribution is 0.189. The van der Waals surface area contributed by atoms with Crippen molar-refractivity contribution < 1.29 is 18.3 Å². The average molecular weight is 449 g/mol. The Kier molecular flexibility index (Phi) is 7.43. The zero-order valence-electron chi connectivity index (χ0n) is 19.0. The first-order valence-corrected chi connectivity index (χ1v) is 11.7. The van der Waals surface area contributed by atoms with Crippen LogP contribution in [0.25, 0.3) is 22.3 Å². The van der Waals surface area contributed by atoms with Gasteiger partial charge in [-0.15, -0.1) is 6.58 Å². The standard InChI is InChI=1S/C29H30F2O2/c1-3-20-5-7-21(8-6-20)19-33-29-16-14-25(18-27(29)31)23-11-9-22(10-12-23)24-13-15-28(32-4-2)26(30)17-24/h3,9-18,20-21H,1,4-8,19H2,2H3. The molecule has 1 fully saturated rings. The molecule has 1 saturated carbocycles. The summed E-state index contributed by atoms with van der Waals surface area (Å²) in [7, 11) is 0. The molecule has 0 atom stereocenters. The molecule has 0 radical (unpaired) electrons. The lowest BCUT2D eigenvalue weighted by Crippen LogP contribution is -2.19. The predicted octanol–water partition coefficient (Wildman–Crippen LogP) is 8.07. The summed E-state index contributed by atoms with van der Waals surface area (Å²) in [4.78, 5) is 0. The van der Waals surface area contributed by atoms with E-state index in [4.69, 9.17) is 9.47 Å². The minimum Gasteiger partial charge on any atom is -0.491 e. The van der Waals surface area contributed by atoms with Crippen LogP contribution in [0.1, 0.15) is 32.6 Å². The maximum absolute atomic E-state index is 14.7. The first-order chi connectivity index (χ1) is 16.1. The third-order valence-corrected chi connectivity index (χ3v) is 6.41. The highest BCUT2D eigenvalue weighted by molar-refractivity contribution is 5.71. The van der Waals surface area contributed by atoms with Crippen LogP contribution in [0.2, 0.25) is 0 Å². The van der Waals surface area contributed by atoms with E-state index in [0.717, 1.165) is 47.9 Å². The Morgan fingerprint density at radius 2 is 1.24 bits per heavy atom. The van der Waals surface area contributed by atoms with Gasteiger partial charge in [-0.3, -0.25) is 0 Å². The molecule has 0 N–H and O–H groups in total. The number of benzene rings is 3. The molecular formula is C29H30F2O2. The highest BCUT2D eigenvalue weighted by atomic mass is 19.1.